The molecule has 2 N–H and O–H groups in total. The second-order valence-corrected chi connectivity index (χ2v) is 8.28. The molecule has 4 rings (SSSR count). The highest BCUT2D eigenvalue weighted by molar-refractivity contribution is 5.94. The van der Waals surface area contributed by atoms with Crippen LogP contribution in [0.1, 0.15) is 40.9 Å². The number of aryl methyl sites for hydroxylation is 1. The molecule has 7 heteroatoms. The van der Waals surface area contributed by atoms with E-state index >= 15 is 0 Å². The largest absolute Gasteiger partial charge is 0.386 e. The maximum absolute atomic E-state index is 12.5. The number of amides is 1. The summed E-state index contributed by atoms with van der Waals surface area (Å²) in [6.07, 6.45) is 4.68. The van der Waals surface area contributed by atoms with E-state index in [-0.39, 0.29) is 12.5 Å². The molecule has 0 saturated carbocycles. The Morgan fingerprint density at radius 2 is 1.93 bits per heavy atom. The first-order chi connectivity index (χ1) is 14.0. The molecule has 0 unspecified atom stereocenters. The number of rotatable bonds is 6. The molecule has 0 aliphatic carbocycles. The lowest BCUT2D eigenvalue weighted by Gasteiger charge is -2.24. The van der Waals surface area contributed by atoms with Gasteiger partial charge in [-0.3, -0.25) is 9.69 Å². The lowest BCUT2D eigenvalue weighted by atomic mass is 10.0. The Morgan fingerprint density at radius 1 is 1.17 bits per heavy atom. The number of benzene rings is 1. The van der Waals surface area contributed by atoms with Crippen molar-refractivity contribution >= 4 is 11.7 Å². The van der Waals surface area contributed by atoms with Gasteiger partial charge in [-0.15, -0.1) is 0 Å². The maximum atomic E-state index is 12.5. The fourth-order valence-corrected chi connectivity index (χ4v) is 4.12. The van der Waals surface area contributed by atoms with E-state index in [1.54, 1.807) is 0 Å². The number of likely N-dealkylation sites (tertiary alicyclic amines) is 1. The van der Waals surface area contributed by atoms with Crippen molar-refractivity contribution in [2.24, 2.45) is 0 Å². The number of nitrogens with one attached hydrogen (secondary N) is 1. The summed E-state index contributed by atoms with van der Waals surface area (Å²) in [6.45, 7) is 6.55. The summed E-state index contributed by atoms with van der Waals surface area (Å²) in [6, 6.07) is 9.70. The van der Waals surface area contributed by atoms with Crippen molar-refractivity contribution < 1.29 is 9.90 Å². The molecule has 7 nitrogen and oxygen atoms in total. The van der Waals surface area contributed by atoms with Crippen molar-refractivity contribution in [2.75, 3.05) is 37.6 Å². The lowest BCUT2D eigenvalue weighted by Crippen LogP contribution is -2.45. The standard InChI is InChI=1S/C22H29N5O2/c1-17-12-20(25-16-24-17)27-11-8-22(29,15-27)14-23-21(28)19-6-4-18(5-7-19)13-26-9-2-3-10-26/h4-7,12,16,29H,2-3,8-11,13-15H2,1H3,(H,23,28)/t22-/m0/s1. The van der Waals surface area contributed by atoms with Gasteiger partial charge < -0.3 is 15.3 Å². The molecule has 2 aliphatic heterocycles. The number of anilines is 1. The molecular formula is C22H29N5O2. The van der Waals surface area contributed by atoms with Crippen molar-refractivity contribution in [3.63, 3.8) is 0 Å². The SMILES string of the molecule is Cc1cc(N2CC[C@](O)(CNC(=O)c3ccc(CN4CCCC4)cc3)C2)ncn1. The summed E-state index contributed by atoms with van der Waals surface area (Å²) in [7, 11) is 0. The smallest absolute Gasteiger partial charge is 0.251 e. The van der Waals surface area contributed by atoms with Gasteiger partial charge in [-0.25, -0.2) is 9.97 Å². The van der Waals surface area contributed by atoms with Crippen LogP contribution in [-0.2, 0) is 6.54 Å². The number of carbonyl (C=O) groups is 1. The van der Waals surface area contributed by atoms with E-state index in [0.29, 0.717) is 25.1 Å². The van der Waals surface area contributed by atoms with Crippen LogP contribution in [0.15, 0.2) is 36.7 Å². The number of aliphatic hydroxyl groups is 1. The van der Waals surface area contributed by atoms with E-state index in [9.17, 15) is 9.90 Å². The van der Waals surface area contributed by atoms with Crippen molar-refractivity contribution in [2.45, 2.75) is 38.3 Å². The summed E-state index contributed by atoms with van der Waals surface area (Å²) in [5.74, 6) is 0.663. The zero-order chi connectivity index (χ0) is 20.3. The molecule has 1 aromatic carbocycles. The Balaban J connectivity index is 1.29. The Bertz CT molecular complexity index is 851. The second-order valence-electron chi connectivity index (χ2n) is 8.28. The molecule has 0 radical (unpaired) electrons. The average molecular weight is 396 g/mol. The molecule has 2 saturated heterocycles. The van der Waals surface area contributed by atoms with Crippen LogP contribution >= 0.6 is 0 Å². The van der Waals surface area contributed by atoms with Crippen LogP contribution in [0.3, 0.4) is 0 Å². The molecule has 2 aliphatic rings. The first-order valence-electron chi connectivity index (χ1n) is 10.4. The van der Waals surface area contributed by atoms with Gasteiger partial charge >= 0.3 is 0 Å². The van der Waals surface area contributed by atoms with E-state index in [1.165, 1.54) is 24.7 Å². The zero-order valence-corrected chi connectivity index (χ0v) is 17.0. The van der Waals surface area contributed by atoms with Crippen molar-refractivity contribution in [1.82, 2.24) is 20.2 Å². The third-order valence-corrected chi connectivity index (χ3v) is 5.84. The quantitative estimate of drug-likeness (QED) is 0.776. The maximum Gasteiger partial charge on any atom is 0.251 e. The van der Waals surface area contributed by atoms with E-state index in [1.807, 2.05) is 42.2 Å². The second kappa shape index (κ2) is 8.47. The number of aromatic nitrogens is 2. The van der Waals surface area contributed by atoms with Gasteiger partial charge in [-0.05, 0) is 57.0 Å². The number of carbonyl (C=O) groups excluding carboxylic acids is 1. The summed E-state index contributed by atoms with van der Waals surface area (Å²) in [5, 5.41) is 13.8. The van der Waals surface area contributed by atoms with Crippen LogP contribution in [-0.4, -0.2) is 64.2 Å². The minimum absolute atomic E-state index is 0.150. The summed E-state index contributed by atoms with van der Waals surface area (Å²) < 4.78 is 0. The van der Waals surface area contributed by atoms with Gasteiger partial charge in [-0.1, -0.05) is 12.1 Å². The fourth-order valence-electron chi connectivity index (χ4n) is 4.12. The normalized spacial score (nSPS) is 22.2. The molecule has 0 spiro atoms. The predicted molar refractivity (Wildman–Crippen MR) is 112 cm³/mol. The number of hydrogen-bond donors (Lipinski definition) is 2. The topological polar surface area (TPSA) is 81.6 Å². The van der Waals surface area contributed by atoms with Crippen LogP contribution < -0.4 is 10.2 Å². The molecule has 1 aromatic heterocycles. The number of nitrogens with zero attached hydrogens (tertiary/aromatic N) is 4. The van der Waals surface area contributed by atoms with Gasteiger partial charge in [0.2, 0.25) is 0 Å². The molecule has 29 heavy (non-hydrogen) atoms. The summed E-state index contributed by atoms with van der Waals surface area (Å²) in [5.41, 5.74) is 1.80. The van der Waals surface area contributed by atoms with Gasteiger partial charge in [0.1, 0.15) is 17.7 Å². The molecular weight excluding hydrogens is 366 g/mol. The minimum atomic E-state index is -0.954. The molecule has 2 fully saturated rings. The van der Waals surface area contributed by atoms with Gasteiger partial charge in [0.05, 0.1) is 0 Å². The lowest BCUT2D eigenvalue weighted by molar-refractivity contribution is 0.0575. The Morgan fingerprint density at radius 3 is 2.66 bits per heavy atom. The van der Waals surface area contributed by atoms with Crippen LogP contribution in [0.5, 0.6) is 0 Å². The van der Waals surface area contributed by atoms with Crippen LogP contribution in [0.25, 0.3) is 0 Å². The highest BCUT2D eigenvalue weighted by Crippen LogP contribution is 2.25. The van der Waals surface area contributed by atoms with Gasteiger partial charge in [-0.2, -0.15) is 0 Å². The van der Waals surface area contributed by atoms with Crippen LogP contribution in [0, 0.1) is 6.92 Å². The molecule has 2 aromatic rings. The molecule has 1 atom stereocenters. The van der Waals surface area contributed by atoms with Gasteiger partial charge in [0.25, 0.3) is 5.91 Å². The summed E-state index contributed by atoms with van der Waals surface area (Å²) in [4.78, 5) is 25.4. The highest BCUT2D eigenvalue weighted by Gasteiger charge is 2.37. The molecule has 0 bridgehead atoms. The Labute approximate surface area is 171 Å². The molecule has 3 heterocycles. The predicted octanol–water partition coefficient (Wildman–Crippen LogP) is 1.75. The average Bonchev–Trinajstić information content (AvgIpc) is 3.37. The van der Waals surface area contributed by atoms with E-state index in [4.69, 9.17) is 0 Å². The van der Waals surface area contributed by atoms with Gasteiger partial charge in [0.15, 0.2) is 0 Å². The van der Waals surface area contributed by atoms with E-state index < -0.39 is 5.60 Å². The summed E-state index contributed by atoms with van der Waals surface area (Å²) >= 11 is 0. The fraction of sp³-hybridized carbons (Fsp3) is 0.500. The van der Waals surface area contributed by atoms with Crippen molar-refractivity contribution in [3.8, 4) is 0 Å². The molecule has 1 amide bonds. The van der Waals surface area contributed by atoms with E-state index in [2.05, 4.69) is 20.2 Å². The Hall–Kier alpha value is -2.51. The highest BCUT2D eigenvalue weighted by atomic mass is 16.3. The monoisotopic (exact) mass is 395 g/mol. The third-order valence-electron chi connectivity index (χ3n) is 5.84. The van der Waals surface area contributed by atoms with Crippen LogP contribution in [0.4, 0.5) is 5.82 Å². The third kappa shape index (κ3) is 4.92. The zero-order valence-electron chi connectivity index (χ0n) is 17.0. The van der Waals surface area contributed by atoms with Gasteiger partial charge in [0, 0.05) is 43.5 Å². The Kier molecular flexibility index (Phi) is 5.78. The first kappa shape index (κ1) is 19.8. The van der Waals surface area contributed by atoms with Crippen molar-refractivity contribution in [3.05, 3.63) is 53.5 Å². The van der Waals surface area contributed by atoms with E-state index in [0.717, 1.165) is 31.1 Å². The van der Waals surface area contributed by atoms with Crippen molar-refractivity contribution in [1.29, 1.82) is 0 Å². The molecule has 154 valence electrons. The van der Waals surface area contributed by atoms with Crippen LogP contribution in [0.2, 0.25) is 0 Å². The number of hydrogen-bond acceptors (Lipinski definition) is 6. The first-order valence-corrected chi connectivity index (χ1v) is 10.4. The minimum Gasteiger partial charge on any atom is -0.386 e. The number of β-amino-alcohol motifs (C(OH)–C–C–N with tert-alkyl or cyclic N) is 1.